The predicted molar refractivity (Wildman–Crippen MR) is 97.1 cm³/mol. The molecule has 1 atom stereocenters. The molecule has 1 aliphatic heterocycles. The van der Waals surface area contributed by atoms with Crippen molar-refractivity contribution in [3.8, 4) is 11.5 Å². The van der Waals surface area contributed by atoms with Crippen molar-refractivity contribution >= 4 is 18.4 Å². The number of H-pyrrole nitrogens is 1. The minimum atomic E-state index is -0.0687. The lowest BCUT2D eigenvalue weighted by atomic mass is 10.2. The van der Waals surface area contributed by atoms with Gasteiger partial charge in [-0.1, -0.05) is 0 Å². The lowest BCUT2D eigenvalue weighted by Gasteiger charge is -2.13. The van der Waals surface area contributed by atoms with E-state index >= 15 is 0 Å². The number of nitrogens with zero attached hydrogens (tertiary/aromatic N) is 3. The highest BCUT2D eigenvalue weighted by atomic mass is 32.1. The van der Waals surface area contributed by atoms with E-state index in [9.17, 15) is 0 Å². The summed E-state index contributed by atoms with van der Waals surface area (Å²) in [5, 5.41) is 11.5. The first-order valence-electron chi connectivity index (χ1n) is 8.26. The van der Waals surface area contributed by atoms with Gasteiger partial charge in [0, 0.05) is 6.61 Å². The summed E-state index contributed by atoms with van der Waals surface area (Å²) >= 11 is 5.28. The summed E-state index contributed by atoms with van der Waals surface area (Å²) in [5.74, 6) is 2.06. The van der Waals surface area contributed by atoms with E-state index in [4.69, 9.17) is 26.4 Å². The number of methoxy groups -OCH3 is 1. The molecule has 3 rings (SSSR count). The van der Waals surface area contributed by atoms with Crippen LogP contribution in [-0.2, 0) is 4.74 Å². The van der Waals surface area contributed by atoms with Crippen molar-refractivity contribution in [3.63, 3.8) is 0 Å². The fourth-order valence-corrected chi connectivity index (χ4v) is 2.84. The third-order valence-corrected chi connectivity index (χ3v) is 4.03. The van der Waals surface area contributed by atoms with Gasteiger partial charge in [-0.3, -0.25) is 5.10 Å². The molecule has 0 saturated carbocycles. The Balaban J connectivity index is 1.87. The predicted octanol–water partition coefficient (Wildman–Crippen LogP) is 3.47. The number of hydrogen-bond donors (Lipinski definition) is 1. The van der Waals surface area contributed by atoms with Crippen molar-refractivity contribution < 1.29 is 14.2 Å². The third kappa shape index (κ3) is 4.08. The van der Waals surface area contributed by atoms with Gasteiger partial charge in [0.15, 0.2) is 17.3 Å². The molecule has 134 valence electrons. The Morgan fingerprint density at radius 2 is 2.28 bits per heavy atom. The van der Waals surface area contributed by atoms with Crippen molar-refractivity contribution in [1.29, 1.82) is 0 Å². The van der Waals surface area contributed by atoms with Crippen molar-refractivity contribution in [1.82, 2.24) is 14.9 Å². The molecule has 25 heavy (non-hydrogen) atoms. The average Bonchev–Trinajstić information content (AvgIpc) is 3.22. The van der Waals surface area contributed by atoms with Crippen LogP contribution in [0.5, 0.6) is 11.5 Å². The number of hydrogen-bond acceptors (Lipinski definition) is 6. The Morgan fingerprint density at radius 3 is 2.96 bits per heavy atom. The Labute approximate surface area is 151 Å². The van der Waals surface area contributed by atoms with Crippen LogP contribution in [0.4, 0.5) is 0 Å². The maximum absolute atomic E-state index is 5.79. The normalized spacial score (nSPS) is 17.5. The van der Waals surface area contributed by atoms with Gasteiger partial charge < -0.3 is 14.2 Å². The quantitative estimate of drug-likeness (QED) is 0.629. The molecular formula is C17H22N4O3S. The van der Waals surface area contributed by atoms with E-state index in [1.54, 1.807) is 18.0 Å². The number of aromatic nitrogens is 3. The lowest BCUT2D eigenvalue weighted by Crippen LogP contribution is -2.07. The second-order valence-corrected chi connectivity index (χ2v) is 6.41. The Kier molecular flexibility index (Phi) is 5.50. The highest BCUT2D eigenvalue weighted by molar-refractivity contribution is 7.71. The molecule has 1 aliphatic rings. The minimum Gasteiger partial charge on any atom is -0.493 e. The van der Waals surface area contributed by atoms with E-state index < -0.39 is 0 Å². The first-order valence-corrected chi connectivity index (χ1v) is 8.67. The number of nitrogens with one attached hydrogen (secondary N) is 1. The summed E-state index contributed by atoms with van der Waals surface area (Å²) < 4.78 is 18.9. The summed E-state index contributed by atoms with van der Waals surface area (Å²) in [7, 11) is 1.62. The van der Waals surface area contributed by atoms with Gasteiger partial charge in [0.25, 0.3) is 0 Å². The summed E-state index contributed by atoms with van der Waals surface area (Å²) in [6, 6.07) is 5.65. The van der Waals surface area contributed by atoms with Crippen LogP contribution in [0.2, 0.25) is 0 Å². The van der Waals surface area contributed by atoms with Crippen LogP contribution in [0.1, 0.15) is 44.2 Å². The number of rotatable bonds is 6. The van der Waals surface area contributed by atoms with Crippen LogP contribution in [0.25, 0.3) is 0 Å². The van der Waals surface area contributed by atoms with E-state index in [1.165, 1.54) is 0 Å². The summed E-state index contributed by atoms with van der Waals surface area (Å²) in [5.41, 5.74) is 0.873. The molecule has 2 heterocycles. The van der Waals surface area contributed by atoms with Crippen molar-refractivity contribution in [3.05, 3.63) is 34.4 Å². The lowest BCUT2D eigenvalue weighted by molar-refractivity contribution is 0.102. The third-order valence-electron chi connectivity index (χ3n) is 3.77. The molecule has 0 aliphatic carbocycles. The molecule has 8 heteroatoms. The van der Waals surface area contributed by atoms with E-state index in [-0.39, 0.29) is 12.2 Å². The Hall–Kier alpha value is -2.19. The zero-order chi connectivity index (χ0) is 17.8. The first kappa shape index (κ1) is 17.6. The number of benzene rings is 1. The Bertz CT molecular complexity index is 806. The molecule has 0 radical (unpaired) electrons. The zero-order valence-electron chi connectivity index (χ0n) is 14.6. The fourth-order valence-electron chi connectivity index (χ4n) is 2.65. The van der Waals surface area contributed by atoms with Crippen molar-refractivity contribution in [2.24, 2.45) is 5.10 Å². The number of aromatic amines is 1. The average molecular weight is 362 g/mol. The van der Waals surface area contributed by atoms with Crippen LogP contribution in [0.3, 0.4) is 0 Å². The molecule has 1 N–H and O–H groups in total. The van der Waals surface area contributed by atoms with Crippen molar-refractivity contribution in [2.75, 3.05) is 13.7 Å². The number of ether oxygens (including phenoxy) is 3. The topological polar surface area (TPSA) is 73.7 Å². The molecule has 0 bridgehead atoms. The summed E-state index contributed by atoms with van der Waals surface area (Å²) in [6.45, 7) is 4.68. The van der Waals surface area contributed by atoms with Gasteiger partial charge >= 0.3 is 0 Å². The summed E-state index contributed by atoms with van der Waals surface area (Å²) in [4.78, 5) is 0. The molecule has 2 aromatic rings. The Morgan fingerprint density at radius 1 is 1.44 bits per heavy atom. The van der Waals surface area contributed by atoms with Crippen LogP contribution >= 0.6 is 12.2 Å². The van der Waals surface area contributed by atoms with Gasteiger partial charge in [0.1, 0.15) is 6.10 Å². The van der Waals surface area contributed by atoms with Gasteiger partial charge in [-0.25, -0.2) is 0 Å². The van der Waals surface area contributed by atoms with Gasteiger partial charge in [-0.2, -0.15) is 14.9 Å². The van der Waals surface area contributed by atoms with Gasteiger partial charge in [0.2, 0.25) is 4.77 Å². The molecule has 0 spiro atoms. The second-order valence-electron chi connectivity index (χ2n) is 6.02. The summed E-state index contributed by atoms with van der Waals surface area (Å²) in [6.07, 6.45) is 3.64. The molecule has 1 fully saturated rings. The highest BCUT2D eigenvalue weighted by Crippen LogP contribution is 2.29. The van der Waals surface area contributed by atoms with E-state index in [0.717, 1.165) is 25.0 Å². The molecule has 1 saturated heterocycles. The largest absolute Gasteiger partial charge is 0.493 e. The van der Waals surface area contributed by atoms with Gasteiger partial charge in [0.05, 0.1) is 19.4 Å². The monoisotopic (exact) mass is 362 g/mol. The van der Waals surface area contributed by atoms with E-state index in [2.05, 4.69) is 15.3 Å². The molecule has 1 unspecified atom stereocenters. The molecule has 1 aromatic carbocycles. The maximum atomic E-state index is 5.79. The standard InChI is InChI=1S/C17H22N4O3S/c1-11(2)24-15-9-12(6-7-13(15)22-3)10-18-21-16(19-20-17(21)25)14-5-4-8-23-14/h6-7,9-11,14H,4-5,8H2,1-3H3,(H,20,25)/b18-10-. The molecular weight excluding hydrogens is 340 g/mol. The van der Waals surface area contributed by atoms with Crippen molar-refractivity contribution in [2.45, 2.75) is 38.9 Å². The minimum absolute atomic E-state index is 0.0506. The van der Waals surface area contributed by atoms with Crippen LogP contribution in [0.15, 0.2) is 23.3 Å². The highest BCUT2D eigenvalue weighted by Gasteiger charge is 2.23. The maximum Gasteiger partial charge on any atom is 0.216 e. The fraction of sp³-hybridized carbons (Fsp3) is 0.471. The first-order chi connectivity index (χ1) is 12.1. The van der Waals surface area contributed by atoms with E-state index in [0.29, 0.717) is 22.1 Å². The molecule has 1 aromatic heterocycles. The zero-order valence-corrected chi connectivity index (χ0v) is 15.4. The van der Waals surface area contributed by atoms with Crippen LogP contribution < -0.4 is 9.47 Å². The smallest absolute Gasteiger partial charge is 0.216 e. The van der Waals surface area contributed by atoms with Gasteiger partial charge in [-0.05, 0) is 62.7 Å². The van der Waals surface area contributed by atoms with Crippen LogP contribution in [0, 0.1) is 4.77 Å². The van der Waals surface area contributed by atoms with Gasteiger partial charge in [-0.15, -0.1) is 0 Å². The van der Waals surface area contributed by atoms with E-state index in [1.807, 2.05) is 32.0 Å². The molecule has 7 nitrogen and oxygen atoms in total. The SMILES string of the molecule is COc1ccc(/C=N\n2c(C3CCCO3)n[nH]c2=S)cc1OC(C)C. The van der Waals surface area contributed by atoms with Crippen LogP contribution in [-0.4, -0.2) is 40.9 Å². The molecule has 0 amide bonds. The second kappa shape index (κ2) is 7.79.